The SMILES string of the molecule is O=C1CN(C(=O)NC[C@@H]2C[C@@]23CCCc2ccccc23)CCN1. The normalized spacial score (nSPS) is 29.0. The first kappa shape index (κ1) is 14.5. The molecule has 1 spiro atoms. The fourth-order valence-corrected chi connectivity index (χ4v) is 4.37. The topological polar surface area (TPSA) is 61.4 Å². The zero-order valence-electron chi connectivity index (χ0n) is 13.3. The molecule has 1 aromatic rings. The Labute approximate surface area is 136 Å². The van der Waals surface area contributed by atoms with E-state index in [0.717, 1.165) is 0 Å². The van der Waals surface area contributed by atoms with Crippen molar-refractivity contribution in [1.29, 1.82) is 0 Å². The van der Waals surface area contributed by atoms with E-state index in [2.05, 4.69) is 34.9 Å². The number of nitrogens with one attached hydrogen (secondary N) is 2. The number of urea groups is 1. The van der Waals surface area contributed by atoms with E-state index in [9.17, 15) is 9.59 Å². The first-order valence-electron chi connectivity index (χ1n) is 8.57. The summed E-state index contributed by atoms with van der Waals surface area (Å²) in [6.45, 7) is 2.03. The van der Waals surface area contributed by atoms with Gasteiger partial charge in [-0.3, -0.25) is 4.79 Å². The molecule has 5 nitrogen and oxygen atoms in total. The maximum Gasteiger partial charge on any atom is 0.317 e. The van der Waals surface area contributed by atoms with E-state index in [1.807, 2.05) is 0 Å². The predicted molar refractivity (Wildman–Crippen MR) is 87.1 cm³/mol. The number of aryl methyl sites for hydroxylation is 1. The summed E-state index contributed by atoms with van der Waals surface area (Å²) in [4.78, 5) is 25.2. The Balaban J connectivity index is 1.37. The average Bonchev–Trinajstić information content (AvgIpc) is 3.26. The Kier molecular flexibility index (Phi) is 3.51. The Morgan fingerprint density at radius 1 is 1.39 bits per heavy atom. The van der Waals surface area contributed by atoms with E-state index in [-0.39, 0.29) is 18.5 Å². The third-order valence-corrected chi connectivity index (χ3v) is 5.68. The molecule has 0 aromatic heterocycles. The monoisotopic (exact) mass is 313 g/mol. The highest BCUT2D eigenvalue weighted by Gasteiger charge is 2.56. The molecule has 1 aromatic carbocycles. The lowest BCUT2D eigenvalue weighted by molar-refractivity contribution is -0.123. The molecule has 1 heterocycles. The number of fused-ring (bicyclic) bond motifs is 2. The van der Waals surface area contributed by atoms with Crippen molar-refractivity contribution in [1.82, 2.24) is 15.5 Å². The summed E-state index contributed by atoms with van der Waals surface area (Å²) in [5.41, 5.74) is 3.28. The lowest BCUT2D eigenvalue weighted by Gasteiger charge is -2.28. The molecule has 1 saturated heterocycles. The van der Waals surface area contributed by atoms with Crippen LogP contribution in [0.25, 0.3) is 0 Å². The summed E-state index contributed by atoms with van der Waals surface area (Å²) in [5.74, 6) is 0.460. The van der Waals surface area contributed by atoms with Crippen molar-refractivity contribution in [3.8, 4) is 0 Å². The van der Waals surface area contributed by atoms with Crippen molar-refractivity contribution in [3.05, 3.63) is 35.4 Å². The van der Waals surface area contributed by atoms with E-state index >= 15 is 0 Å². The molecule has 1 saturated carbocycles. The molecular weight excluding hydrogens is 290 g/mol. The second kappa shape index (κ2) is 5.55. The molecule has 0 bridgehead atoms. The zero-order valence-corrected chi connectivity index (χ0v) is 13.3. The molecule has 122 valence electrons. The minimum absolute atomic E-state index is 0.0736. The van der Waals surface area contributed by atoms with Gasteiger partial charge in [-0.2, -0.15) is 0 Å². The maximum absolute atomic E-state index is 12.2. The number of amides is 3. The van der Waals surface area contributed by atoms with Gasteiger partial charge in [0.2, 0.25) is 5.91 Å². The van der Waals surface area contributed by atoms with Gasteiger partial charge in [-0.05, 0) is 42.7 Å². The highest BCUT2D eigenvalue weighted by molar-refractivity contribution is 5.85. The van der Waals surface area contributed by atoms with Crippen LogP contribution < -0.4 is 10.6 Å². The number of rotatable bonds is 2. The number of hydrogen-bond donors (Lipinski definition) is 2. The van der Waals surface area contributed by atoms with Crippen molar-refractivity contribution in [2.24, 2.45) is 5.92 Å². The second-order valence-electron chi connectivity index (χ2n) is 7.03. The number of carbonyl (C=O) groups is 2. The molecule has 0 unspecified atom stereocenters. The Bertz CT molecular complexity index is 645. The summed E-state index contributed by atoms with van der Waals surface area (Å²) in [7, 11) is 0. The fourth-order valence-electron chi connectivity index (χ4n) is 4.37. The predicted octanol–water partition coefficient (Wildman–Crippen LogP) is 1.42. The van der Waals surface area contributed by atoms with E-state index < -0.39 is 0 Å². The number of nitrogens with zero attached hydrogens (tertiary/aromatic N) is 1. The fraction of sp³-hybridized carbons (Fsp3) is 0.556. The van der Waals surface area contributed by atoms with Crippen molar-refractivity contribution < 1.29 is 9.59 Å². The van der Waals surface area contributed by atoms with Crippen molar-refractivity contribution >= 4 is 11.9 Å². The van der Waals surface area contributed by atoms with E-state index in [0.29, 0.717) is 31.0 Å². The first-order valence-corrected chi connectivity index (χ1v) is 8.57. The number of benzene rings is 1. The standard InChI is InChI=1S/C18H23N3O2/c22-16-12-21(9-8-19-16)17(23)20-11-14-10-18(14)7-3-5-13-4-1-2-6-15(13)18/h1-2,4,6,14H,3,5,7-12H2,(H,19,22)(H,20,23)/t14-,18-/m0/s1. The van der Waals surface area contributed by atoms with Crippen LogP contribution in [0.2, 0.25) is 0 Å². The third-order valence-electron chi connectivity index (χ3n) is 5.68. The van der Waals surface area contributed by atoms with Crippen LogP contribution in [-0.4, -0.2) is 43.0 Å². The van der Waals surface area contributed by atoms with Crippen LogP contribution in [0.4, 0.5) is 4.79 Å². The lowest BCUT2D eigenvalue weighted by atomic mass is 9.78. The molecule has 2 N–H and O–H groups in total. The molecule has 1 aliphatic heterocycles. The molecule has 3 amide bonds. The number of hydrogen-bond acceptors (Lipinski definition) is 2. The highest BCUT2D eigenvalue weighted by atomic mass is 16.2. The quantitative estimate of drug-likeness (QED) is 0.867. The molecule has 2 atom stereocenters. The molecule has 3 aliphatic rings. The van der Waals surface area contributed by atoms with E-state index in [4.69, 9.17) is 0 Å². The lowest BCUT2D eigenvalue weighted by Crippen LogP contribution is -2.53. The van der Waals surface area contributed by atoms with E-state index in [1.165, 1.54) is 36.8 Å². The van der Waals surface area contributed by atoms with Crippen LogP contribution in [0.1, 0.15) is 30.4 Å². The maximum atomic E-state index is 12.2. The molecule has 2 aliphatic carbocycles. The molecule has 5 heteroatoms. The van der Waals surface area contributed by atoms with Crippen LogP contribution in [-0.2, 0) is 16.6 Å². The van der Waals surface area contributed by atoms with Gasteiger partial charge in [-0.25, -0.2) is 4.79 Å². The summed E-state index contributed by atoms with van der Waals surface area (Å²) < 4.78 is 0. The van der Waals surface area contributed by atoms with Crippen molar-refractivity contribution in [2.75, 3.05) is 26.2 Å². The van der Waals surface area contributed by atoms with Gasteiger partial charge in [-0.1, -0.05) is 24.3 Å². The van der Waals surface area contributed by atoms with Gasteiger partial charge in [0.1, 0.15) is 6.54 Å². The van der Waals surface area contributed by atoms with Crippen molar-refractivity contribution in [3.63, 3.8) is 0 Å². The van der Waals surface area contributed by atoms with Crippen LogP contribution in [0.15, 0.2) is 24.3 Å². The molecule has 2 fully saturated rings. The molecule has 23 heavy (non-hydrogen) atoms. The minimum atomic E-state index is -0.106. The summed E-state index contributed by atoms with van der Waals surface area (Å²) in [6, 6.07) is 8.66. The van der Waals surface area contributed by atoms with Crippen LogP contribution in [0, 0.1) is 5.92 Å². The van der Waals surface area contributed by atoms with Gasteiger partial charge >= 0.3 is 6.03 Å². The van der Waals surface area contributed by atoms with Crippen molar-refractivity contribution in [2.45, 2.75) is 31.1 Å². The minimum Gasteiger partial charge on any atom is -0.353 e. The molecule has 4 rings (SSSR count). The van der Waals surface area contributed by atoms with E-state index in [1.54, 1.807) is 4.90 Å². The molecule has 0 radical (unpaired) electrons. The smallest absolute Gasteiger partial charge is 0.317 e. The molecular formula is C18H23N3O2. The van der Waals surface area contributed by atoms with Crippen LogP contribution in [0.3, 0.4) is 0 Å². The van der Waals surface area contributed by atoms with Gasteiger partial charge in [0.15, 0.2) is 0 Å². The van der Waals surface area contributed by atoms with Crippen LogP contribution in [0.5, 0.6) is 0 Å². The second-order valence-corrected chi connectivity index (χ2v) is 7.03. The van der Waals surface area contributed by atoms with Crippen LogP contribution >= 0.6 is 0 Å². The Morgan fingerprint density at radius 3 is 3.13 bits per heavy atom. The zero-order chi connectivity index (χ0) is 15.9. The largest absolute Gasteiger partial charge is 0.353 e. The summed E-state index contributed by atoms with van der Waals surface area (Å²) in [5, 5.41) is 5.79. The number of carbonyl (C=O) groups excluding carboxylic acids is 2. The average molecular weight is 313 g/mol. The van der Waals surface area contributed by atoms with Gasteiger partial charge in [-0.15, -0.1) is 0 Å². The highest BCUT2D eigenvalue weighted by Crippen LogP contribution is 2.59. The van der Waals surface area contributed by atoms with Gasteiger partial charge in [0.05, 0.1) is 0 Å². The first-order chi connectivity index (χ1) is 11.2. The van der Waals surface area contributed by atoms with Gasteiger partial charge in [0.25, 0.3) is 0 Å². The summed E-state index contributed by atoms with van der Waals surface area (Å²) in [6.07, 6.45) is 4.83. The summed E-state index contributed by atoms with van der Waals surface area (Å²) >= 11 is 0. The van der Waals surface area contributed by atoms with Gasteiger partial charge in [0, 0.05) is 25.0 Å². The third kappa shape index (κ3) is 2.58. The number of piperazine rings is 1. The van der Waals surface area contributed by atoms with Gasteiger partial charge < -0.3 is 15.5 Å². The Morgan fingerprint density at radius 2 is 2.26 bits per heavy atom. The Hall–Kier alpha value is -2.04.